The molecule has 96 valence electrons. The third-order valence-electron chi connectivity index (χ3n) is 2.47. The summed E-state index contributed by atoms with van der Waals surface area (Å²) < 4.78 is 29.6. The Bertz CT molecular complexity index is 471. The van der Waals surface area contributed by atoms with Crippen LogP contribution in [-0.2, 0) is 10.0 Å². The van der Waals surface area contributed by atoms with E-state index < -0.39 is 16.1 Å². The van der Waals surface area contributed by atoms with E-state index in [0.29, 0.717) is 5.75 Å². The van der Waals surface area contributed by atoms with E-state index in [4.69, 9.17) is 10.5 Å². The minimum absolute atomic E-state index is 0.118. The number of nitrogens with two attached hydrogens (primary N) is 1. The number of hydrogen-bond donors (Lipinski definition) is 1. The van der Waals surface area contributed by atoms with Gasteiger partial charge in [0.15, 0.2) is 0 Å². The van der Waals surface area contributed by atoms with Crippen molar-refractivity contribution in [2.45, 2.75) is 6.04 Å². The molecule has 0 aliphatic heterocycles. The second kappa shape index (κ2) is 5.48. The third kappa shape index (κ3) is 3.69. The Morgan fingerprint density at radius 3 is 2.59 bits per heavy atom. The molecular formula is C11H18N2O3S. The minimum Gasteiger partial charge on any atom is -0.497 e. The van der Waals surface area contributed by atoms with Gasteiger partial charge in [-0.3, -0.25) is 0 Å². The molecule has 0 radical (unpaired) electrons. The number of nitrogens with zero attached hydrogens (tertiary/aromatic N) is 1. The largest absolute Gasteiger partial charge is 0.497 e. The van der Waals surface area contributed by atoms with Gasteiger partial charge >= 0.3 is 0 Å². The Balaban J connectivity index is 2.86. The first kappa shape index (κ1) is 14.0. The standard InChI is InChI=1S/C11H18N2O3S/c1-13(2)17(14,15)8-11(12)9-5-4-6-10(7-9)16-3/h4-7,11H,8,12H2,1-3H3. The fourth-order valence-corrected chi connectivity index (χ4v) is 2.29. The number of methoxy groups -OCH3 is 1. The fourth-order valence-electron chi connectivity index (χ4n) is 1.34. The van der Waals surface area contributed by atoms with E-state index in [1.165, 1.54) is 18.4 Å². The number of ether oxygens (including phenoxy) is 1. The van der Waals surface area contributed by atoms with Crippen LogP contribution in [0.15, 0.2) is 24.3 Å². The molecule has 1 aromatic carbocycles. The van der Waals surface area contributed by atoms with Crippen LogP contribution in [-0.4, -0.2) is 39.7 Å². The maximum Gasteiger partial charge on any atom is 0.215 e. The van der Waals surface area contributed by atoms with Crippen molar-refractivity contribution in [3.8, 4) is 5.75 Å². The van der Waals surface area contributed by atoms with E-state index in [1.54, 1.807) is 31.4 Å². The van der Waals surface area contributed by atoms with E-state index >= 15 is 0 Å². The average molecular weight is 258 g/mol. The van der Waals surface area contributed by atoms with E-state index in [0.717, 1.165) is 5.56 Å². The Morgan fingerprint density at radius 1 is 1.41 bits per heavy atom. The second-order valence-electron chi connectivity index (χ2n) is 3.94. The number of rotatable bonds is 5. The van der Waals surface area contributed by atoms with Crippen LogP contribution < -0.4 is 10.5 Å². The van der Waals surface area contributed by atoms with Crippen LogP contribution in [0.25, 0.3) is 0 Å². The van der Waals surface area contributed by atoms with Crippen LogP contribution >= 0.6 is 0 Å². The lowest BCUT2D eigenvalue weighted by molar-refractivity contribution is 0.414. The summed E-state index contributed by atoms with van der Waals surface area (Å²) in [6.07, 6.45) is 0. The van der Waals surface area contributed by atoms with Crippen molar-refractivity contribution < 1.29 is 13.2 Å². The Hall–Kier alpha value is -1.11. The van der Waals surface area contributed by atoms with Crippen LogP contribution in [0, 0.1) is 0 Å². The number of hydrogen-bond acceptors (Lipinski definition) is 4. The molecule has 1 atom stereocenters. The van der Waals surface area contributed by atoms with Gasteiger partial charge in [-0.2, -0.15) is 0 Å². The van der Waals surface area contributed by atoms with Crippen molar-refractivity contribution in [3.63, 3.8) is 0 Å². The van der Waals surface area contributed by atoms with E-state index in [-0.39, 0.29) is 5.75 Å². The van der Waals surface area contributed by atoms with Crippen molar-refractivity contribution in [3.05, 3.63) is 29.8 Å². The zero-order chi connectivity index (χ0) is 13.1. The molecule has 0 fully saturated rings. The highest BCUT2D eigenvalue weighted by Gasteiger charge is 2.19. The van der Waals surface area contributed by atoms with Crippen molar-refractivity contribution in [2.75, 3.05) is 27.0 Å². The summed E-state index contributed by atoms with van der Waals surface area (Å²) in [4.78, 5) is 0. The summed E-state index contributed by atoms with van der Waals surface area (Å²) in [5, 5.41) is 0. The third-order valence-corrected chi connectivity index (χ3v) is 4.36. The van der Waals surface area contributed by atoms with Gasteiger partial charge in [-0.05, 0) is 17.7 Å². The molecule has 5 nitrogen and oxygen atoms in total. The molecule has 1 unspecified atom stereocenters. The predicted molar refractivity (Wildman–Crippen MR) is 67.4 cm³/mol. The molecule has 0 aliphatic rings. The van der Waals surface area contributed by atoms with E-state index in [9.17, 15) is 8.42 Å². The van der Waals surface area contributed by atoms with Crippen molar-refractivity contribution in [2.24, 2.45) is 5.73 Å². The lowest BCUT2D eigenvalue weighted by atomic mass is 10.1. The van der Waals surface area contributed by atoms with Gasteiger partial charge in [-0.15, -0.1) is 0 Å². The highest BCUT2D eigenvalue weighted by Crippen LogP contribution is 2.19. The van der Waals surface area contributed by atoms with Crippen molar-refractivity contribution >= 4 is 10.0 Å². The number of sulfonamides is 1. The normalized spacial score (nSPS) is 13.7. The smallest absolute Gasteiger partial charge is 0.215 e. The molecule has 17 heavy (non-hydrogen) atoms. The molecule has 0 bridgehead atoms. The van der Waals surface area contributed by atoms with Gasteiger partial charge < -0.3 is 10.5 Å². The summed E-state index contributed by atoms with van der Waals surface area (Å²) in [5.74, 6) is 0.549. The predicted octanol–water partition coefficient (Wildman–Crippen LogP) is 0.586. The van der Waals surface area contributed by atoms with Gasteiger partial charge in [0.1, 0.15) is 5.75 Å². The monoisotopic (exact) mass is 258 g/mol. The zero-order valence-corrected chi connectivity index (χ0v) is 11.1. The van der Waals surface area contributed by atoms with Crippen LogP contribution in [0.3, 0.4) is 0 Å². The van der Waals surface area contributed by atoms with Gasteiger partial charge in [0, 0.05) is 20.1 Å². The van der Waals surface area contributed by atoms with Gasteiger partial charge in [0.05, 0.1) is 12.9 Å². The van der Waals surface area contributed by atoms with E-state index in [2.05, 4.69) is 0 Å². The molecule has 2 N–H and O–H groups in total. The molecule has 0 heterocycles. The summed E-state index contributed by atoms with van der Waals surface area (Å²) in [6.45, 7) is 0. The maximum absolute atomic E-state index is 11.7. The lowest BCUT2D eigenvalue weighted by Gasteiger charge is -2.16. The summed E-state index contributed by atoms with van der Waals surface area (Å²) in [7, 11) is 1.25. The minimum atomic E-state index is -3.30. The molecule has 0 amide bonds. The highest BCUT2D eigenvalue weighted by atomic mass is 32.2. The SMILES string of the molecule is COc1cccc(C(N)CS(=O)(=O)N(C)C)c1. The van der Waals surface area contributed by atoms with Crippen molar-refractivity contribution in [1.29, 1.82) is 0 Å². The molecule has 6 heteroatoms. The zero-order valence-electron chi connectivity index (χ0n) is 10.3. The van der Waals surface area contributed by atoms with Crippen molar-refractivity contribution in [1.82, 2.24) is 4.31 Å². The van der Waals surface area contributed by atoms with Gasteiger partial charge in [0.25, 0.3) is 0 Å². The summed E-state index contributed by atoms with van der Waals surface area (Å²) >= 11 is 0. The fraction of sp³-hybridized carbons (Fsp3) is 0.455. The highest BCUT2D eigenvalue weighted by molar-refractivity contribution is 7.89. The van der Waals surface area contributed by atoms with Crippen LogP contribution in [0.4, 0.5) is 0 Å². The topological polar surface area (TPSA) is 72.6 Å². The Morgan fingerprint density at radius 2 is 2.06 bits per heavy atom. The molecule has 0 aromatic heterocycles. The molecule has 0 saturated carbocycles. The first-order valence-electron chi connectivity index (χ1n) is 5.16. The first-order chi connectivity index (χ1) is 7.86. The second-order valence-corrected chi connectivity index (χ2v) is 6.17. The van der Waals surface area contributed by atoms with Gasteiger partial charge in [-0.25, -0.2) is 12.7 Å². The number of benzene rings is 1. The maximum atomic E-state index is 11.7. The molecule has 1 aromatic rings. The average Bonchev–Trinajstić information content (AvgIpc) is 2.28. The summed E-state index contributed by atoms with van der Waals surface area (Å²) in [5.41, 5.74) is 6.63. The Labute approximate surface area is 102 Å². The van der Waals surface area contributed by atoms with Crippen LogP contribution in [0.5, 0.6) is 5.75 Å². The van der Waals surface area contributed by atoms with Gasteiger partial charge in [-0.1, -0.05) is 12.1 Å². The summed E-state index contributed by atoms with van der Waals surface area (Å²) in [6, 6.07) is 6.55. The quantitative estimate of drug-likeness (QED) is 0.839. The molecule has 0 saturated heterocycles. The molecule has 1 rings (SSSR count). The molecular weight excluding hydrogens is 240 g/mol. The molecule has 0 spiro atoms. The van der Waals surface area contributed by atoms with Gasteiger partial charge in [0.2, 0.25) is 10.0 Å². The molecule has 0 aliphatic carbocycles. The Kier molecular flexibility index (Phi) is 4.50. The van der Waals surface area contributed by atoms with E-state index in [1.807, 2.05) is 0 Å². The van der Waals surface area contributed by atoms with Crippen LogP contribution in [0.2, 0.25) is 0 Å². The lowest BCUT2D eigenvalue weighted by Crippen LogP contribution is -2.31. The first-order valence-corrected chi connectivity index (χ1v) is 6.77. The van der Waals surface area contributed by atoms with Crippen LogP contribution in [0.1, 0.15) is 11.6 Å².